The minimum atomic E-state index is -0.512. The first-order valence-corrected chi connectivity index (χ1v) is 5.36. The predicted octanol–water partition coefficient (Wildman–Crippen LogP) is 2.44. The Morgan fingerprint density at radius 2 is 1.94 bits per heavy atom. The second-order valence-electron chi connectivity index (χ2n) is 3.44. The molecule has 1 N–H and O–H groups in total. The number of hydrogen-bond donors (Lipinski definition) is 1. The molecule has 1 fully saturated rings. The highest BCUT2D eigenvalue weighted by Crippen LogP contribution is 2.28. The Bertz CT molecular complexity index is 476. The second-order valence-corrected chi connectivity index (χ2v) is 4.26. The van der Waals surface area contributed by atoms with Crippen LogP contribution in [0, 0.1) is 0 Å². The summed E-state index contributed by atoms with van der Waals surface area (Å²) in [6, 6.07) is 3.64. The number of carbonyl (C=O) groups excluding carboxylic acids is 2. The maximum Gasteiger partial charge on any atom is 0.329 e. The summed E-state index contributed by atoms with van der Waals surface area (Å²) in [5, 5.41) is 3.20. The van der Waals surface area contributed by atoms with E-state index in [4.69, 9.17) is 23.2 Å². The van der Waals surface area contributed by atoms with Crippen LogP contribution >= 0.6 is 23.2 Å². The largest absolute Gasteiger partial charge is 0.329 e. The van der Waals surface area contributed by atoms with E-state index in [1.807, 2.05) is 0 Å². The lowest BCUT2D eigenvalue weighted by molar-refractivity contribution is -0.117. The molecule has 0 bridgehead atoms. The van der Waals surface area contributed by atoms with Crippen molar-refractivity contribution < 1.29 is 9.59 Å². The number of nitrogens with zero attached hydrogens (tertiary/aromatic N) is 1. The molecule has 1 heterocycles. The molecule has 1 atom stereocenters. The van der Waals surface area contributed by atoms with Gasteiger partial charge in [0.25, 0.3) is 5.91 Å². The number of urea groups is 1. The van der Waals surface area contributed by atoms with Crippen LogP contribution in [0.2, 0.25) is 10.0 Å². The summed E-state index contributed by atoms with van der Waals surface area (Å²) in [5.41, 5.74) is 0.418. The molecule has 3 amide bonds. The maximum absolute atomic E-state index is 11.7. The van der Waals surface area contributed by atoms with E-state index in [2.05, 4.69) is 5.32 Å². The van der Waals surface area contributed by atoms with Gasteiger partial charge >= 0.3 is 6.03 Å². The monoisotopic (exact) mass is 258 g/mol. The first kappa shape index (κ1) is 11.2. The van der Waals surface area contributed by atoms with E-state index in [1.54, 1.807) is 19.1 Å². The summed E-state index contributed by atoms with van der Waals surface area (Å²) in [7, 11) is 0. The van der Waals surface area contributed by atoms with E-state index in [-0.39, 0.29) is 5.91 Å². The van der Waals surface area contributed by atoms with Crippen LogP contribution in [-0.2, 0) is 4.79 Å². The zero-order chi connectivity index (χ0) is 11.9. The number of carbonyl (C=O) groups is 2. The zero-order valence-corrected chi connectivity index (χ0v) is 9.84. The Kier molecular flexibility index (Phi) is 2.78. The second kappa shape index (κ2) is 3.96. The molecule has 0 spiro atoms. The Morgan fingerprint density at radius 3 is 2.44 bits per heavy atom. The first-order valence-electron chi connectivity index (χ1n) is 4.60. The molecule has 0 unspecified atom stereocenters. The van der Waals surface area contributed by atoms with Gasteiger partial charge in [0.15, 0.2) is 0 Å². The highest BCUT2D eigenvalue weighted by Gasteiger charge is 2.36. The number of benzene rings is 1. The van der Waals surface area contributed by atoms with Crippen LogP contribution in [-0.4, -0.2) is 18.0 Å². The Balaban J connectivity index is 2.41. The highest BCUT2D eigenvalue weighted by molar-refractivity contribution is 6.42. The van der Waals surface area contributed by atoms with E-state index in [0.717, 1.165) is 4.90 Å². The third-order valence-electron chi connectivity index (χ3n) is 2.30. The molecular weight excluding hydrogens is 251 g/mol. The van der Waals surface area contributed by atoms with Gasteiger partial charge in [-0.15, -0.1) is 0 Å². The normalized spacial score (nSPS) is 20.2. The van der Waals surface area contributed by atoms with Crippen LogP contribution in [0.5, 0.6) is 0 Å². The van der Waals surface area contributed by atoms with Crippen LogP contribution in [0.4, 0.5) is 10.5 Å². The molecular formula is C10H8Cl2N2O2. The van der Waals surface area contributed by atoms with Crippen molar-refractivity contribution in [3.63, 3.8) is 0 Å². The molecule has 0 saturated carbocycles. The van der Waals surface area contributed by atoms with Crippen molar-refractivity contribution in [2.45, 2.75) is 13.0 Å². The number of rotatable bonds is 1. The third-order valence-corrected chi connectivity index (χ3v) is 3.03. The molecule has 0 aromatic heterocycles. The van der Waals surface area contributed by atoms with Gasteiger partial charge in [-0.05, 0) is 25.1 Å². The smallest absolute Gasteiger partial charge is 0.326 e. The number of halogens is 2. The Hall–Kier alpha value is -1.26. The fourth-order valence-corrected chi connectivity index (χ4v) is 1.77. The van der Waals surface area contributed by atoms with Gasteiger partial charge < -0.3 is 5.32 Å². The lowest BCUT2D eigenvalue weighted by Gasteiger charge is -2.13. The van der Waals surface area contributed by atoms with Gasteiger partial charge in [0.05, 0.1) is 15.7 Å². The molecule has 1 aliphatic rings. The van der Waals surface area contributed by atoms with Gasteiger partial charge in [0.2, 0.25) is 0 Å². The van der Waals surface area contributed by atoms with E-state index in [9.17, 15) is 9.59 Å². The van der Waals surface area contributed by atoms with Gasteiger partial charge in [-0.25, -0.2) is 9.69 Å². The molecule has 4 nitrogen and oxygen atoms in total. The van der Waals surface area contributed by atoms with Crippen molar-refractivity contribution >= 4 is 40.8 Å². The zero-order valence-electron chi connectivity index (χ0n) is 8.33. The molecule has 6 heteroatoms. The summed E-state index contributed by atoms with van der Waals surface area (Å²) in [5.74, 6) is -0.302. The van der Waals surface area contributed by atoms with Crippen LogP contribution in [0.3, 0.4) is 0 Å². The quantitative estimate of drug-likeness (QED) is 0.787. The average Bonchev–Trinajstić information content (AvgIpc) is 2.47. The lowest BCUT2D eigenvalue weighted by atomic mass is 10.2. The highest BCUT2D eigenvalue weighted by atomic mass is 35.5. The molecule has 1 aromatic rings. The summed E-state index contributed by atoms with van der Waals surface area (Å²) in [6.07, 6.45) is 0. The van der Waals surface area contributed by atoms with Gasteiger partial charge in [-0.1, -0.05) is 23.2 Å². The summed E-state index contributed by atoms with van der Waals surface area (Å²) in [4.78, 5) is 24.2. The number of imide groups is 1. The van der Waals surface area contributed by atoms with Gasteiger partial charge in [-0.2, -0.15) is 0 Å². The molecule has 84 valence electrons. The number of anilines is 1. The number of hydrogen-bond acceptors (Lipinski definition) is 2. The van der Waals surface area contributed by atoms with Crippen molar-refractivity contribution in [1.29, 1.82) is 0 Å². The molecule has 1 aromatic carbocycles. The first-order chi connectivity index (χ1) is 7.50. The van der Waals surface area contributed by atoms with Gasteiger partial charge in [0, 0.05) is 0 Å². The van der Waals surface area contributed by atoms with E-state index >= 15 is 0 Å². The predicted molar refractivity (Wildman–Crippen MR) is 61.9 cm³/mol. The van der Waals surface area contributed by atoms with E-state index < -0.39 is 12.1 Å². The topological polar surface area (TPSA) is 49.4 Å². The van der Waals surface area contributed by atoms with Crippen molar-refractivity contribution in [3.05, 3.63) is 28.2 Å². The van der Waals surface area contributed by atoms with E-state index in [0.29, 0.717) is 15.7 Å². The summed E-state index contributed by atoms with van der Waals surface area (Å²) in [6.45, 7) is 1.62. The molecule has 0 aliphatic carbocycles. The minimum absolute atomic E-state index is 0.302. The summed E-state index contributed by atoms with van der Waals surface area (Å²) >= 11 is 11.6. The van der Waals surface area contributed by atoms with Gasteiger partial charge in [0.1, 0.15) is 6.04 Å². The van der Waals surface area contributed by atoms with Crippen LogP contribution in [0.15, 0.2) is 18.2 Å². The van der Waals surface area contributed by atoms with Crippen molar-refractivity contribution in [2.75, 3.05) is 4.90 Å². The fraction of sp³-hybridized carbons (Fsp3) is 0.200. The number of nitrogens with one attached hydrogen (secondary N) is 1. The van der Waals surface area contributed by atoms with Crippen molar-refractivity contribution in [3.8, 4) is 0 Å². The molecule has 16 heavy (non-hydrogen) atoms. The SMILES string of the molecule is C[C@H]1NC(=O)N(c2ccc(Cl)c(Cl)c2)C1=O. The van der Waals surface area contributed by atoms with Crippen LogP contribution in [0.1, 0.15) is 6.92 Å². The standard InChI is InChI=1S/C10H8Cl2N2O2/c1-5-9(15)14(10(16)13-5)6-2-3-7(11)8(12)4-6/h2-5H,1H3,(H,13,16)/t5-/m1/s1. The fourth-order valence-electron chi connectivity index (χ4n) is 1.47. The Labute approximate surface area is 102 Å². The average molecular weight is 259 g/mol. The number of amides is 3. The maximum atomic E-state index is 11.7. The van der Waals surface area contributed by atoms with Crippen molar-refractivity contribution in [2.24, 2.45) is 0 Å². The summed E-state index contributed by atoms with van der Waals surface area (Å²) < 4.78 is 0. The third kappa shape index (κ3) is 1.74. The molecule has 0 radical (unpaired) electrons. The van der Waals surface area contributed by atoms with Gasteiger partial charge in [-0.3, -0.25) is 4.79 Å². The molecule has 2 rings (SSSR count). The lowest BCUT2D eigenvalue weighted by Crippen LogP contribution is -2.30. The van der Waals surface area contributed by atoms with Crippen LogP contribution in [0.25, 0.3) is 0 Å². The van der Waals surface area contributed by atoms with E-state index in [1.165, 1.54) is 6.07 Å². The van der Waals surface area contributed by atoms with Crippen LogP contribution < -0.4 is 10.2 Å². The molecule has 1 saturated heterocycles. The minimum Gasteiger partial charge on any atom is -0.326 e. The molecule has 1 aliphatic heterocycles. The Morgan fingerprint density at radius 1 is 1.25 bits per heavy atom. The van der Waals surface area contributed by atoms with Crippen molar-refractivity contribution in [1.82, 2.24) is 5.32 Å².